The van der Waals surface area contributed by atoms with Crippen LogP contribution in [0.3, 0.4) is 0 Å². The lowest BCUT2D eigenvalue weighted by Gasteiger charge is -2.37. The zero-order chi connectivity index (χ0) is 9.84. The molecule has 0 aromatic carbocycles. The summed E-state index contributed by atoms with van der Waals surface area (Å²) in [4.78, 5) is 2.43. The minimum atomic E-state index is 0.196. The van der Waals surface area contributed by atoms with Gasteiger partial charge in [-0.1, -0.05) is 0 Å². The SMILES string of the molecule is COC(C)C1CN(C(C)C)CCO1. The monoisotopic (exact) mass is 187 g/mol. The van der Waals surface area contributed by atoms with Crippen LogP contribution in [0.15, 0.2) is 0 Å². The first kappa shape index (κ1) is 11.0. The second-order valence-corrected chi connectivity index (χ2v) is 3.94. The van der Waals surface area contributed by atoms with Gasteiger partial charge < -0.3 is 9.47 Å². The van der Waals surface area contributed by atoms with Crippen molar-refractivity contribution in [3.05, 3.63) is 0 Å². The van der Waals surface area contributed by atoms with Gasteiger partial charge in [0.25, 0.3) is 0 Å². The van der Waals surface area contributed by atoms with E-state index in [1.54, 1.807) is 7.11 Å². The fourth-order valence-corrected chi connectivity index (χ4v) is 1.60. The van der Waals surface area contributed by atoms with Crippen LogP contribution in [-0.2, 0) is 9.47 Å². The van der Waals surface area contributed by atoms with Crippen molar-refractivity contribution in [1.29, 1.82) is 0 Å². The summed E-state index contributed by atoms with van der Waals surface area (Å²) in [5, 5.41) is 0. The lowest BCUT2D eigenvalue weighted by atomic mass is 10.1. The van der Waals surface area contributed by atoms with Gasteiger partial charge in [-0.25, -0.2) is 0 Å². The molecule has 13 heavy (non-hydrogen) atoms. The third-order valence-electron chi connectivity index (χ3n) is 2.75. The van der Waals surface area contributed by atoms with Gasteiger partial charge in [0.1, 0.15) is 0 Å². The van der Waals surface area contributed by atoms with Gasteiger partial charge in [-0.15, -0.1) is 0 Å². The topological polar surface area (TPSA) is 21.7 Å². The average Bonchev–Trinajstić information content (AvgIpc) is 2.17. The maximum atomic E-state index is 5.64. The lowest BCUT2D eigenvalue weighted by Crippen LogP contribution is -2.49. The number of morpholine rings is 1. The van der Waals surface area contributed by atoms with E-state index in [1.807, 2.05) is 0 Å². The minimum Gasteiger partial charge on any atom is -0.379 e. The summed E-state index contributed by atoms with van der Waals surface area (Å²) in [5.41, 5.74) is 0. The Morgan fingerprint density at radius 1 is 1.38 bits per heavy atom. The van der Waals surface area contributed by atoms with Crippen molar-refractivity contribution in [2.24, 2.45) is 0 Å². The molecule has 0 radical (unpaired) electrons. The highest BCUT2D eigenvalue weighted by atomic mass is 16.5. The van der Waals surface area contributed by atoms with Crippen molar-refractivity contribution in [3.63, 3.8) is 0 Å². The van der Waals surface area contributed by atoms with E-state index in [9.17, 15) is 0 Å². The number of hydrogen-bond donors (Lipinski definition) is 0. The fourth-order valence-electron chi connectivity index (χ4n) is 1.60. The third kappa shape index (κ3) is 2.93. The maximum absolute atomic E-state index is 5.64. The van der Waals surface area contributed by atoms with Crippen molar-refractivity contribution in [2.45, 2.75) is 39.0 Å². The second-order valence-electron chi connectivity index (χ2n) is 3.94. The van der Waals surface area contributed by atoms with Gasteiger partial charge in [0.05, 0.1) is 18.8 Å². The predicted octanol–water partition coefficient (Wildman–Crippen LogP) is 1.13. The fraction of sp³-hybridized carbons (Fsp3) is 1.00. The highest BCUT2D eigenvalue weighted by Crippen LogP contribution is 2.12. The zero-order valence-electron chi connectivity index (χ0n) is 9.12. The maximum Gasteiger partial charge on any atom is 0.0960 e. The summed E-state index contributed by atoms with van der Waals surface area (Å²) in [7, 11) is 1.74. The molecular weight excluding hydrogens is 166 g/mol. The molecule has 0 saturated carbocycles. The van der Waals surface area contributed by atoms with Gasteiger partial charge in [-0.05, 0) is 20.8 Å². The van der Waals surface area contributed by atoms with Crippen LogP contribution in [0.2, 0.25) is 0 Å². The van der Waals surface area contributed by atoms with Crippen LogP contribution in [0.25, 0.3) is 0 Å². The van der Waals surface area contributed by atoms with E-state index in [0.717, 1.165) is 19.7 Å². The van der Waals surface area contributed by atoms with E-state index in [2.05, 4.69) is 25.7 Å². The van der Waals surface area contributed by atoms with Gasteiger partial charge in [0.2, 0.25) is 0 Å². The predicted molar refractivity (Wildman–Crippen MR) is 52.9 cm³/mol. The van der Waals surface area contributed by atoms with Crippen LogP contribution in [0.4, 0.5) is 0 Å². The standard InChI is InChI=1S/C10H21NO2/c1-8(2)11-5-6-13-10(7-11)9(3)12-4/h8-10H,5-7H2,1-4H3. The first-order valence-electron chi connectivity index (χ1n) is 5.03. The molecule has 0 spiro atoms. The molecule has 1 aliphatic rings. The molecule has 1 rings (SSSR count). The number of nitrogens with zero attached hydrogens (tertiary/aromatic N) is 1. The summed E-state index contributed by atoms with van der Waals surface area (Å²) < 4.78 is 10.9. The zero-order valence-corrected chi connectivity index (χ0v) is 9.12. The molecule has 2 atom stereocenters. The largest absolute Gasteiger partial charge is 0.379 e. The van der Waals surface area contributed by atoms with Gasteiger partial charge >= 0.3 is 0 Å². The third-order valence-corrected chi connectivity index (χ3v) is 2.75. The summed E-state index contributed by atoms with van der Waals surface area (Å²) in [6.45, 7) is 9.38. The van der Waals surface area contributed by atoms with Gasteiger partial charge in [-0.3, -0.25) is 4.90 Å². The number of rotatable bonds is 3. The summed E-state index contributed by atoms with van der Waals surface area (Å²) >= 11 is 0. The van der Waals surface area contributed by atoms with E-state index < -0.39 is 0 Å². The molecule has 0 aromatic heterocycles. The van der Waals surface area contributed by atoms with Crippen molar-refractivity contribution in [2.75, 3.05) is 26.8 Å². The van der Waals surface area contributed by atoms with Gasteiger partial charge in [-0.2, -0.15) is 0 Å². The van der Waals surface area contributed by atoms with Gasteiger partial charge in [0.15, 0.2) is 0 Å². The Kier molecular flexibility index (Phi) is 4.16. The molecule has 2 unspecified atom stereocenters. The number of ether oxygens (including phenoxy) is 2. The highest BCUT2D eigenvalue weighted by molar-refractivity contribution is 4.77. The molecule has 78 valence electrons. The van der Waals surface area contributed by atoms with Crippen LogP contribution >= 0.6 is 0 Å². The van der Waals surface area contributed by atoms with Crippen molar-refractivity contribution in [1.82, 2.24) is 4.90 Å². The molecule has 1 heterocycles. The first-order valence-corrected chi connectivity index (χ1v) is 5.03. The first-order chi connectivity index (χ1) is 6.15. The minimum absolute atomic E-state index is 0.196. The number of hydrogen-bond acceptors (Lipinski definition) is 3. The highest BCUT2D eigenvalue weighted by Gasteiger charge is 2.26. The number of methoxy groups -OCH3 is 1. The normalized spacial score (nSPS) is 27.9. The van der Waals surface area contributed by atoms with E-state index in [-0.39, 0.29) is 12.2 Å². The molecule has 0 N–H and O–H groups in total. The van der Waals surface area contributed by atoms with E-state index in [1.165, 1.54) is 0 Å². The molecule has 0 aromatic rings. The quantitative estimate of drug-likeness (QED) is 0.661. The Balaban J connectivity index is 2.41. The molecule has 0 amide bonds. The van der Waals surface area contributed by atoms with Crippen LogP contribution < -0.4 is 0 Å². The molecule has 0 bridgehead atoms. The molecule has 1 aliphatic heterocycles. The van der Waals surface area contributed by atoms with E-state index in [0.29, 0.717) is 6.04 Å². The Bertz CT molecular complexity index is 150. The molecular formula is C10H21NO2. The Morgan fingerprint density at radius 3 is 2.62 bits per heavy atom. The van der Waals surface area contributed by atoms with Crippen LogP contribution in [0.1, 0.15) is 20.8 Å². The van der Waals surface area contributed by atoms with Crippen LogP contribution in [0, 0.1) is 0 Å². The smallest absolute Gasteiger partial charge is 0.0960 e. The van der Waals surface area contributed by atoms with Crippen molar-refractivity contribution in [3.8, 4) is 0 Å². The molecule has 1 saturated heterocycles. The summed E-state index contributed by atoms with van der Waals surface area (Å²) in [6, 6.07) is 0.607. The van der Waals surface area contributed by atoms with E-state index in [4.69, 9.17) is 9.47 Å². The second kappa shape index (κ2) is 4.94. The Labute approximate surface area is 81.0 Å². The lowest BCUT2D eigenvalue weighted by molar-refractivity contribution is -0.0998. The summed E-state index contributed by atoms with van der Waals surface area (Å²) in [6.07, 6.45) is 0.433. The van der Waals surface area contributed by atoms with Gasteiger partial charge in [0, 0.05) is 26.2 Å². The Hall–Kier alpha value is -0.120. The molecule has 0 aliphatic carbocycles. The Morgan fingerprint density at radius 2 is 2.08 bits per heavy atom. The van der Waals surface area contributed by atoms with E-state index >= 15 is 0 Å². The molecule has 1 fully saturated rings. The van der Waals surface area contributed by atoms with Crippen molar-refractivity contribution < 1.29 is 9.47 Å². The van der Waals surface area contributed by atoms with Crippen LogP contribution in [0.5, 0.6) is 0 Å². The molecule has 3 heteroatoms. The average molecular weight is 187 g/mol. The summed E-state index contributed by atoms with van der Waals surface area (Å²) in [5.74, 6) is 0. The molecule has 3 nitrogen and oxygen atoms in total. The van der Waals surface area contributed by atoms with Crippen LogP contribution in [-0.4, -0.2) is 50.0 Å². The van der Waals surface area contributed by atoms with Crippen molar-refractivity contribution >= 4 is 0 Å².